The van der Waals surface area contributed by atoms with Gasteiger partial charge in [0.25, 0.3) is 0 Å². The fraction of sp³-hybridized carbons (Fsp3) is 0.167. The van der Waals surface area contributed by atoms with Crippen LogP contribution >= 0.6 is 15.9 Å². The predicted octanol–water partition coefficient (Wildman–Crippen LogP) is 3.06. The zero-order valence-corrected chi connectivity index (χ0v) is 11.4. The number of ether oxygens (including phenoxy) is 2. The summed E-state index contributed by atoms with van der Waals surface area (Å²) in [6.45, 7) is 0. The lowest BCUT2D eigenvalue weighted by Gasteiger charge is -2.09. The molecule has 2 aromatic rings. The number of rotatable bonds is 3. The van der Waals surface area contributed by atoms with Gasteiger partial charge in [-0.05, 0) is 34.1 Å². The summed E-state index contributed by atoms with van der Waals surface area (Å²) in [5, 5.41) is 0. The van der Waals surface area contributed by atoms with Gasteiger partial charge in [0, 0.05) is 5.56 Å². The third-order valence-electron chi connectivity index (χ3n) is 2.40. The lowest BCUT2D eigenvalue weighted by molar-refractivity contribution is 0.355. The van der Waals surface area contributed by atoms with Gasteiger partial charge in [-0.1, -0.05) is 0 Å². The Morgan fingerprint density at radius 1 is 1.11 bits per heavy atom. The minimum Gasteiger partial charge on any atom is -0.493 e. The van der Waals surface area contributed by atoms with Crippen molar-refractivity contribution in [3.8, 4) is 22.8 Å². The van der Waals surface area contributed by atoms with Gasteiger partial charge in [0.05, 0.1) is 14.2 Å². The van der Waals surface area contributed by atoms with Crippen molar-refractivity contribution in [3.63, 3.8) is 0 Å². The Bertz CT molecular complexity index is 578. The van der Waals surface area contributed by atoms with Crippen LogP contribution in [0.2, 0.25) is 0 Å². The van der Waals surface area contributed by atoms with E-state index in [1.165, 1.54) is 13.4 Å². The van der Waals surface area contributed by atoms with Gasteiger partial charge in [0.2, 0.25) is 0 Å². The molecule has 0 aliphatic carbocycles. The first-order valence-corrected chi connectivity index (χ1v) is 5.85. The van der Waals surface area contributed by atoms with Gasteiger partial charge in [-0.3, -0.25) is 0 Å². The standard InChI is InChI=1S/C12H10BrFN2O2/c1-17-8-4-3-7(5-9(8)18-2)11-10(14)12(13)16-6-15-11/h3-6H,1-2H3. The summed E-state index contributed by atoms with van der Waals surface area (Å²) in [5.41, 5.74) is 0.797. The molecular weight excluding hydrogens is 303 g/mol. The van der Waals surface area contributed by atoms with Crippen molar-refractivity contribution in [2.45, 2.75) is 0 Å². The van der Waals surface area contributed by atoms with Crippen LogP contribution in [0, 0.1) is 5.82 Å². The molecule has 6 heteroatoms. The highest BCUT2D eigenvalue weighted by atomic mass is 79.9. The molecule has 1 heterocycles. The number of hydrogen-bond acceptors (Lipinski definition) is 4. The van der Waals surface area contributed by atoms with Gasteiger partial charge in [-0.25, -0.2) is 14.4 Å². The number of methoxy groups -OCH3 is 2. The molecule has 1 aromatic heterocycles. The normalized spacial score (nSPS) is 10.2. The summed E-state index contributed by atoms with van der Waals surface area (Å²) >= 11 is 3.03. The van der Waals surface area contributed by atoms with Crippen molar-refractivity contribution < 1.29 is 13.9 Å². The number of hydrogen-bond donors (Lipinski definition) is 0. The molecule has 0 radical (unpaired) electrons. The lowest BCUT2D eigenvalue weighted by Crippen LogP contribution is -1.95. The highest BCUT2D eigenvalue weighted by Crippen LogP contribution is 2.33. The van der Waals surface area contributed by atoms with Crippen LogP contribution in [0.5, 0.6) is 11.5 Å². The first-order valence-electron chi connectivity index (χ1n) is 5.05. The van der Waals surface area contributed by atoms with E-state index in [9.17, 15) is 4.39 Å². The van der Waals surface area contributed by atoms with Crippen LogP contribution in [0.1, 0.15) is 0 Å². The Hall–Kier alpha value is -1.69. The molecule has 2 rings (SSSR count). The number of benzene rings is 1. The molecule has 94 valence electrons. The van der Waals surface area contributed by atoms with Crippen LogP contribution in [-0.4, -0.2) is 24.2 Å². The van der Waals surface area contributed by atoms with E-state index in [1.54, 1.807) is 25.3 Å². The SMILES string of the molecule is COc1ccc(-c2ncnc(Br)c2F)cc1OC. The summed E-state index contributed by atoms with van der Waals surface area (Å²) < 4.78 is 24.3. The average molecular weight is 313 g/mol. The Labute approximate surface area is 112 Å². The molecular formula is C12H10BrFN2O2. The van der Waals surface area contributed by atoms with Gasteiger partial charge < -0.3 is 9.47 Å². The maximum Gasteiger partial charge on any atom is 0.182 e. The summed E-state index contributed by atoms with van der Waals surface area (Å²) in [7, 11) is 3.06. The molecule has 0 amide bonds. The van der Waals surface area contributed by atoms with Crippen molar-refractivity contribution in [2.75, 3.05) is 14.2 Å². The zero-order chi connectivity index (χ0) is 13.1. The number of nitrogens with zero attached hydrogens (tertiary/aromatic N) is 2. The van der Waals surface area contributed by atoms with Crippen molar-refractivity contribution in [3.05, 3.63) is 34.9 Å². The van der Waals surface area contributed by atoms with E-state index in [-0.39, 0.29) is 10.3 Å². The first kappa shape index (κ1) is 12.8. The highest BCUT2D eigenvalue weighted by Gasteiger charge is 2.13. The molecule has 4 nitrogen and oxygen atoms in total. The third-order valence-corrected chi connectivity index (χ3v) is 2.96. The molecule has 0 N–H and O–H groups in total. The second-order valence-corrected chi connectivity index (χ2v) is 4.15. The van der Waals surface area contributed by atoms with E-state index >= 15 is 0 Å². The van der Waals surface area contributed by atoms with Gasteiger partial charge in [-0.2, -0.15) is 0 Å². The van der Waals surface area contributed by atoms with Gasteiger partial charge in [0.1, 0.15) is 16.6 Å². The smallest absolute Gasteiger partial charge is 0.182 e. The van der Waals surface area contributed by atoms with Gasteiger partial charge >= 0.3 is 0 Å². The molecule has 18 heavy (non-hydrogen) atoms. The van der Waals surface area contributed by atoms with Gasteiger partial charge in [0.15, 0.2) is 17.3 Å². The Morgan fingerprint density at radius 2 is 1.83 bits per heavy atom. The highest BCUT2D eigenvalue weighted by molar-refractivity contribution is 9.10. The quantitative estimate of drug-likeness (QED) is 0.817. The Balaban J connectivity index is 2.54. The maximum absolute atomic E-state index is 13.9. The van der Waals surface area contributed by atoms with Crippen molar-refractivity contribution >= 4 is 15.9 Å². The van der Waals surface area contributed by atoms with E-state index in [0.717, 1.165) is 0 Å². The van der Waals surface area contributed by atoms with E-state index < -0.39 is 5.82 Å². The molecule has 0 unspecified atom stereocenters. The topological polar surface area (TPSA) is 44.2 Å². The van der Waals surface area contributed by atoms with Crippen molar-refractivity contribution in [2.24, 2.45) is 0 Å². The first-order chi connectivity index (χ1) is 8.67. The van der Waals surface area contributed by atoms with E-state index in [2.05, 4.69) is 25.9 Å². The summed E-state index contributed by atoms with van der Waals surface area (Å²) in [6, 6.07) is 5.07. The Morgan fingerprint density at radius 3 is 2.50 bits per heavy atom. The number of halogens is 2. The molecule has 1 aromatic carbocycles. The predicted molar refractivity (Wildman–Crippen MR) is 68.2 cm³/mol. The molecule has 0 fully saturated rings. The second-order valence-electron chi connectivity index (χ2n) is 3.40. The van der Waals surface area contributed by atoms with Crippen LogP contribution in [0.3, 0.4) is 0 Å². The molecule has 0 bridgehead atoms. The largest absolute Gasteiger partial charge is 0.493 e. The maximum atomic E-state index is 13.9. The zero-order valence-electron chi connectivity index (χ0n) is 9.78. The fourth-order valence-electron chi connectivity index (χ4n) is 1.53. The van der Waals surface area contributed by atoms with E-state index in [4.69, 9.17) is 9.47 Å². The van der Waals surface area contributed by atoms with Gasteiger partial charge in [-0.15, -0.1) is 0 Å². The number of aromatic nitrogens is 2. The fourth-order valence-corrected chi connectivity index (χ4v) is 1.81. The second kappa shape index (κ2) is 5.30. The van der Waals surface area contributed by atoms with Crippen LogP contribution in [0.25, 0.3) is 11.3 Å². The molecule has 0 saturated heterocycles. The molecule has 0 aliphatic rings. The third kappa shape index (κ3) is 2.28. The van der Waals surface area contributed by atoms with E-state index in [1.807, 2.05) is 0 Å². The molecule has 0 atom stereocenters. The van der Waals surface area contributed by atoms with Crippen molar-refractivity contribution in [1.82, 2.24) is 9.97 Å². The summed E-state index contributed by atoms with van der Waals surface area (Å²) in [6.07, 6.45) is 1.29. The molecule has 0 spiro atoms. The lowest BCUT2D eigenvalue weighted by atomic mass is 10.1. The van der Waals surface area contributed by atoms with Crippen LogP contribution in [0.4, 0.5) is 4.39 Å². The minimum atomic E-state index is -0.510. The average Bonchev–Trinajstić information content (AvgIpc) is 2.41. The van der Waals surface area contributed by atoms with E-state index in [0.29, 0.717) is 17.1 Å². The minimum absolute atomic E-state index is 0.127. The van der Waals surface area contributed by atoms with Crippen molar-refractivity contribution in [1.29, 1.82) is 0 Å². The summed E-state index contributed by atoms with van der Waals surface area (Å²) in [4.78, 5) is 7.64. The van der Waals surface area contributed by atoms with Crippen LogP contribution in [-0.2, 0) is 0 Å². The van der Waals surface area contributed by atoms with Crippen LogP contribution < -0.4 is 9.47 Å². The summed E-state index contributed by atoms with van der Waals surface area (Å²) in [5.74, 6) is 0.587. The molecule has 0 aliphatic heterocycles. The molecule has 0 saturated carbocycles. The Kier molecular flexibility index (Phi) is 3.76. The van der Waals surface area contributed by atoms with Crippen LogP contribution in [0.15, 0.2) is 29.1 Å². The monoisotopic (exact) mass is 312 g/mol.